The maximum atomic E-state index is 13.5. The van der Waals surface area contributed by atoms with Crippen LogP contribution in [0.2, 0.25) is 0 Å². The summed E-state index contributed by atoms with van der Waals surface area (Å²) in [4.78, 5) is 19.6. The van der Waals surface area contributed by atoms with Gasteiger partial charge in [0.1, 0.15) is 6.61 Å². The van der Waals surface area contributed by atoms with E-state index in [-0.39, 0.29) is 35.6 Å². The van der Waals surface area contributed by atoms with Gasteiger partial charge in [0.05, 0.1) is 0 Å². The van der Waals surface area contributed by atoms with Gasteiger partial charge in [-0.05, 0) is 65.2 Å². The highest BCUT2D eigenvalue weighted by atomic mass is 32.3. The smallest absolute Gasteiger partial charge is 0.448 e. The monoisotopic (exact) mass is 579 g/mol. The lowest BCUT2D eigenvalue weighted by molar-refractivity contribution is 0.0727. The molecule has 214 valence electrons. The van der Waals surface area contributed by atoms with Crippen LogP contribution in [0.15, 0.2) is 53.6 Å². The van der Waals surface area contributed by atoms with Crippen molar-refractivity contribution < 1.29 is 26.0 Å². The van der Waals surface area contributed by atoms with Crippen molar-refractivity contribution in [2.24, 2.45) is 5.11 Å². The van der Waals surface area contributed by atoms with E-state index in [0.717, 1.165) is 11.1 Å². The van der Waals surface area contributed by atoms with Gasteiger partial charge in [0, 0.05) is 54.8 Å². The maximum absolute atomic E-state index is 13.5. The Labute approximate surface area is 238 Å². The molecule has 3 aromatic carbocycles. The van der Waals surface area contributed by atoms with Crippen molar-refractivity contribution in [1.82, 2.24) is 9.80 Å². The van der Waals surface area contributed by atoms with Gasteiger partial charge in [-0.15, -0.1) is 0 Å². The Morgan fingerprint density at radius 1 is 0.976 bits per heavy atom. The number of carbonyl (C=O) groups excluding carboxylic acids is 1. The Balaban J connectivity index is 1.25. The minimum absolute atomic E-state index is 0.0186. The second-order valence-electron chi connectivity index (χ2n) is 10.3. The van der Waals surface area contributed by atoms with Crippen molar-refractivity contribution in [3.05, 3.63) is 92.4 Å². The molecule has 41 heavy (non-hydrogen) atoms. The van der Waals surface area contributed by atoms with Crippen molar-refractivity contribution >= 4 is 22.3 Å². The highest BCUT2D eigenvalue weighted by Gasteiger charge is 2.31. The summed E-state index contributed by atoms with van der Waals surface area (Å²) in [6, 6.07) is 16.4. The standard InChI is InChI=1S/C29H30FN5O5S/c1-18-25(19(2)28(40-41(30,37)38)20(3)27(18)32-33-31)16-34-12-14-35(15-13-34)29(36)39-17-26-23-10-6-4-8-21(23)22-9-5-7-11-24(22)26/h4-11,26H,12-17H2,1-3H3. The van der Waals surface area contributed by atoms with Crippen LogP contribution in [0.4, 0.5) is 14.4 Å². The number of fused-ring (bicyclic) bond motifs is 3. The molecule has 0 N–H and O–H groups in total. The first-order chi connectivity index (χ1) is 19.6. The largest absolute Gasteiger partial charge is 0.488 e. The maximum Gasteiger partial charge on any atom is 0.488 e. The Morgan fingerprint density at radius 3 is 2.12 bits per heavy atom. The van der Waals surface area contributed by atoms with E-state index in [1.165, 1.54) is 18.1 Å². The van der Waals surface area contributed by atoms with E-state index < -0.39 is 10.5 Å². The zero-order valence-corrected chi connectivity index (χ0v) is 23.8. The summed E-state index contributed by atoms with van der Waals surface area (Å²) in [6.07, 6.45) is -0.372. The third-order valence-electron chi connectivity index (χ3n) is 7.97. The minimum atomic E-state index is -5.28. The number of rotatable bonds is 7. The van der Waals surface area contributed by atoms with Crippen molar-refractivity contribution in [3.63, 3.8) is 0 Å². The molecule has 0 saturated carbocycles. The van der Waals surface area contributed by atoms with Crippen molar-refractivity contribution in [3.8, 4) is 16.9 Å². The Morgan fingerprint density at radius 2 is 1.56 bits per heavy atom. The van der Waals surface area contributed by atoms with Gasteiger partial charge < -0.3 is 13.8 Å². The Hall–Kier alpha value is -4.12. The lowest BCUT2D eigenvalue weighted by Gasteiger charge is -2.35. The van der Waals surface area contributed by atoms with Crippen LogP contribution in [0.5, 0.6) is 5.75 Å². The zero-order chi connectivity index (χ0) is 29.3. The van der Waals surface area contributed by atoms with E-state index in [4.69, 9.17) is 10.3 Å². The second-order valence-corrected chi connectivity index (χ2v) is 11.2. The molecule has 0 aromatic heterocycles. The SMILES string of the molecule is Cc1c(CN2CCN(C(=O)OCC3c4ccccc4-c4ccccc43)CC2)c(C)c(OS(=O)(=O)F)c(C)c1N=[N+]=[N-]. The molecule has 1 amide bonds. The van der Waals surface area contributed by atoms with Crippen molar-refractivity contribution in [2.45, 2.75) is 33.2 Å². The number of hydrogen-bond donors (Lipinski definition) is 0. The molecule has 10 nitrogen and oxygen atoms in total. The number of carbonyl (C=O) groups is 1. The van der Waals surface area contributed by atoms with Gasteiger partial charge in [0.25, 0.3) is 0 Å². The molecule has 0 unspecified atom stereocenters. The molecule has 1 saturated heterocycles. The predicted molar refractivity (Wildman–Crippen MR) is 152 cm³/mol. The van der Waals surface area contributed by atoms with Gasteiger partial charge in [0.2, 0.25) is 0 Å². The van der Waals surface area contributed by atoms with Gasteiger partial charge in [0.15, 0.2) is 5.75 Å². The summed E-state index contributed by atoms with van der Waals surface area (Å²) in [7, 11) is -5.28. The van der Waals surface area contributed by atoms with Crippen molar-refractivity contribution in [1.29, 1.82) is 0 Å². The lowest BCUT2D eigenvalue weighted by atomic mass is 9.95. The van der Waals surface area contributed by atoms with E-state index in [2.05, 4.69) is 43.4 Å². The first-order valence-electron chi connectivity index (χ1n) is 13.2. The van der Waals surface area contributed by atoms with E-state index in [1.807, 2.05) is 24.3 Å². The van der Waals surface area contributed by atoms with E-state index in [9.17, 15) is 17.1 Å². The fraction of sp³-hybridized carbons (Fsp3) is 0.345. The third-order valence-corrected chi connectivity index (χ3v) is 8.34. The van der Waals surface area contributed by atoms with Crippen LogP contribution in [-0.2, 0) is 21.8 Å². The first-order valence-corrected chi connectivity index (χ1v) is 14.5. The normalized spacial score (nSPS) is 15.2. The number of ether oxygens (including phenoxy) is 1. The summed E-state index contributed by atoms with van der Waals surface area (Å²) in [5, 5.41) is 3.70. The average molecular weight is 580 g/mol. The topological polar surface area (TPSA) is 125 Å². The number of piperazine rings is 1. The summed E-state index contributed by atoms with van der Waals surface area (Å²) >= 11 is 0. The molecular weight excluding hydrogens is 549 g/mol. The fourth-order valence-corrected chi connectivity index (χ4v) is 6.33. The third kappa shape index (κ3) is 5.72. The zero-order valence-electron chi connectivity index (χ0n) is 23.0. The summed E-state index contributed by atoms with van der Waals surface area (Å²) in [6.45, 7) is 7.48. The molecule has 0 radical (unpaired) electrons. The quantitative estimate of drug-likeness (QED) is 0.142. The van der Waals surface area contributed by atoms with E-state index >= 15 is 0 Å². The Kier molecular flexibility index (Phi) is 7.90. The van der Waals surface area contributed by atoms with Crippen LogP contribution in [0.3, 0.4) is 0 Å². The lowest BCUT2D eigenvalue weighted by Crippen LogP contribution is -2.48. The fourth-order valence-electron chi connectivity index (χ4n) is 5.89. The first kappa shape index (κ1) is 28.4. The number of amides is 1. The van der Waals surface area contributed by atoms with E-state index in [1.54, 1.807) is 18.7 Å². The highest BCUT2D eigenvalue weighted by molar-refractivity contribution is 7.81. The van der Waals surface area contributed by atoms with Crippen LogP contribution in [0.25, 0.3) is 21.6 Å². The molecule has 1 aliphatic heterocycles. The summed E-state index contributed by atoms with van der Waals surface area (Å²) in [5.74, 6) is -0.206. The van der Waals surface area contributed by atoms with Crippen LogP contribution in [0.1, 0.15) is 39.3 Å². The van der Waals surface area contributed by atoms with Crippen LogP contribution >= 0.6 is 0 Å². The second kappa shape index (κ2) is 11.4. The number of benzene rings is 3. The molecule has 0 atom stereocenters. The molecule has 1 fully saturated rings. The molecule has 0 spiro atoms. The predicted octanol–water partition coefficient (Wildman–Crippen LogP) is 6.21. The molecule has 12 heteroatoms. The molecular formula is C29H30FN5O5S. The van der Waals surface area contributed by atoms with Gasteiger partial charge in [-0.1, -0.05) is 57.5 Å². The number of azide groups is 1. The molecule has 1 aliphatic carbocycles. The Bertz CT molecular complexity index is 1620. The van der Waals surface area contributed by atoms with Crippen LogP contribution in [-0.4, -0.2) is 57.1 Å². The van der Waals surface area contributed by atoms with Crippen molar-refractivity contribution in [2.75, 3.05) is 32.8 Å². The van der Waals surface area contributed by atoms with Crippen LogP contribution < -0.4 is 4.18 Å². The van der Waals surface area contributed by atoms with Gasteiger partial charge >= 0.3 is 16.6 Å². The molecule has 2 aliphatic rings. The molecule has 0 bridgehead atoms. The summed E-state index contributed by atoms with van der Waals surface area (Å²) in [5.41, 5.74) is 15.9. The van der Waals surface area contributed by atoms with E-state index in [0.29, 0.717) is 49.4 Å². The van der Waals surface area contributed by atoms with Gasteiger partial charge in [-0.3, -0.25) is 4.90 Å². The number of halogens is 1. The average Bonchev–Trinajstić information content (AvgIpc) is 3.28. The number of nitrogens with zero attached hydrogens (tertiary/aromatic N) is 5. The minimum Gasteiger partial charge on any atom is -0.448 e. The highest BCUT2D eigenvalue weighted by Crippen LogP contribution is 2.44. The molecule has 3 aromatic rings. The summed E-state index contributed by atoms with van der Waals surface area (Å²) < 4.78 is 46.4. The van der Waals surface area contributed by atoms with Crippen LogP contribution in [0, 0.1) is 20.8 Å². The molecule has 1 heterocycles. The van der Waals surface area contributed by atoms with Gasteiger partial charge in [-0.25, -0.2) is 4.79 Å². The molecule has 5 rings (SSSR count). The number of hydrogen-bond acceptors (Lipinski definition) is 7. The van der Waals surface area contributed by atoms with Gasteiger partial charge in [-0.2, -0.15) is 8.42 Å².